The van der Waals surface area contributed by atoms with Crippen LogP contribution in [0.3, 0.4) is 0 Å². The number of nitrogens with one attached hydrogen (secondary N) is 1. The predicted octanol–water partition coefficient (Wildman–Crippen LogP) is 2.77. The van der Waals surface area contributed by atoms with Gasteiger partial charge in [0.15, 0.2) is 11.5 Å². The summed E-state index contributed by atoms with van der Waals surface area (Å²) in [6, 6.07) is 5.03. The van der Waals surface area contributed by atoms with Crippen LogP contribution >= 0.6 is 0 Å². The fraction of sp³-hybridized carbons (Fsp3) is 0.538. The van der Waals surface area contributed by atoms with Crippen molar-refractivity contribution in [2.45, 2.75) is 45.7 Å². The monoisotopic (exact) mass is 223 g/mol. The molecule has 1 aromatic rings. The van der Waals surface area contributed by atoms with E-state index >= 15 is 0 Å². The highest BCUT2D eigenvalue weighted by molar-refractivity contribution is 5.44. The highest BCUT2D eigenvalue weighted by Gasteiger charge is 2.16. The number of hydrogen-bond donors (Lipinski definition) is 3. The van der Waals surface area contributed by atoms with Crippen LogP contribution in [0.25, 0.3) is 0 Å². The maximum absolute atomic E-state index is 9.63. The maximum atomic E-state index is 9.63. The van der Waals surface area contributed by atoms with Crippen LogP contribution in [0.15, 0.2) is 18.2 Å². The number of phenolic OH excluding ortho intramolecular Hbond substituents is 2. The van der Waals surface area contributed by atoms with Crippen LogP contribution in [0.4, 0.5) is 0 Å². The molecule has 16 heavy (non-hydrogen) atoms. The molecule has 0 aliphatic rings. The summed E-state index contributed by atoms with van der Waals surface area (Å²) in [4.78, 5) is 0. The zero-order valence-electron chi connectivity index (χ0n) is 10.2. The summed E-state index contributed by atoms with van der Waals surface area (Å²) in [6.45, 7) is 6.98. The van der Waals surface area contributed by atoms with Crippen molar-refractivity contribution in [3.8, 4) is 11.5 Å². The van der Waals surface area contributed by atoms with Crippen molar-refractivity contribution < 1.29 is 10.2 Å². The Morgan fingerprint density at radius 2 is 1.94 bits per heavy atom. The van der Waals surface area contributed by atoms with Crippen molar-refractivity contribution in [1.29, 1.82) is 0 Å². The summed E-state index contributed by atoms with van der Waals surface area (Å²) < 4.78 is 0. The minimum atomic E-state index is -0.0624. The molecule has 0 spiro atoms. The Kier molecular flexibility index (Phi) is 4.19. The van der Waals surface area contributed by atoms with Crippen molar-refractivity contribution in [3.63, 3.8) is 0 Å². The summed E-state index contributed by atoms with van der Waals surface area (Å²) in [7, 11) is 0. The van der Waals surface area contributed by atoms with Gasteiger partial charge in [-0.25, -0.2) is 0 Å². The molecule has 1 rings (SSSR count). The fourth-order valence-electron chi connectivity index (χ4n) is 1.77. The van der Waals surface area contributed by atoms with Gasteiger partial charge in [-0.15, -0.1) is 0 Å². The smallest absolute Gasteiger partial charge is 0.161 e. The fourth-order valence-corrected chi connectivity index (χ4v) is 1.77. The van der Waals surface area contributed by atoms with Gasteiger partial charge < -0.3 is 15.5 Å². The van der Waals surface area contributed by atoms with E-state index in [4.69, 9.17) is 0 Å². The Morgan fingerprint density at radius 1 is 1.25 bits per heavy atom. The Hall–Kier alpha value is -1.22. The maximum Gasteiger partial charge on any atom is 0.161 e. The van der Waals surface area contributed by atoms with Crippen LogP contribution in [0.1, 0.15) is 39.2 Å². The van der Waals surface area contributed by atoms with Gasteiger partial charge in [0.25, 0.3) is 0 Å². The first-order chi connectivity index (χ1) is 7.46. The van der Waals surface area contributed by atoms with Gasteiger partial charge in [0.05, 0.1) is 0 Å². The van der Waals surface area contributed by atoms with Crippen molar-refractivity contribution in [3.05, 3.63) is 23.8 Å². The average Bonchev–Trinajstić information content (AvgIpc) is 2.20. The number of benzene rings is 1. The van der Waals surface area contributed by atoms with Crippen LogP contribution < -0.4 is 5.32 Å². The quantitative estimate of drug-likeness (QED) is 0.673. The molecule has 0 saturated heterocycles. The van der Waals surface area contributed by atoms with Crippen molar-refractivity contribution in [2.75, 3.05) is 0 Å². The van der Waals surface area contributed by atoms with E-state index in [2.05, 4.69) is 26.1 Å². The predicted molar refractivity (Wildman–Crippen MR) is 65.6 cm³/mol. The molecule has 0 bridgehead atoms. The van der Waals surface area contributed by atoms with E-state index in [1.165, 1.54) is 6.07 Å². The summed E-state index contributed by atoms with van der Waals surface area (Å²) in [5, 5.41) is 22.4. The second kappa shape index (κ2) is 5.21. The van der Waals surface area contributed by atoms with Gasteiger partial charge in [0, 0.05) is 17.6 Å². The molecule has 90 valence electrons. The van der Waals surface area contributed by atoms with Crippen LogP contribution in [-0.4, -0.2) is 15.8 Å². The molecule has 0 saturated carbocycles. The lowest BCUT2D eigenvalue weighted by Gasteiger charge is -2.26. The number of para-hydroxylation sites is 1. The molecular weight excluding hydrogens is 202 g/mol. The van der Waals surface area contributed by atoms with E-state index in [9.17, 15) is 10.2 Å². The van der Waals surface area contributed by atoms with Gasteiger partial charge in [0.2, 0.25) is 0 Å². The van der Waals surface area contributed by atoms with Gasteiger partial charge in [-0.1, -0.05) is 25.5 Å². The van der Waals surface area contributed by atoms with Gasteiger partial charge in [-0.2, -0.15) is 0 Å². The van der Waals surface area contributed by atoms with Crippen LogP contribution in [0.2, 0.25) is 0 Å². The largest absolute Gasteiger partial charge is 0.504 e. The van der Waals surface area contributed by atoms with Crippen LogP contribution in [0.5, 0.6) is 11.5 Å². The van der Waals surface area contributed by atoms with Gasteiger partial charge >= 0.3 is 0 Å². The molecule has 0 aromatic heterocycles. The summed E-state index contributed by atoms with van der Waals surface area (Å²) >= 11 is 0. The topological polar surface area (TPSA) is 52.5 Å². The standard InChI is InChI=1S/C13H21NO2/c1-4-8-13(2,3)14-9-10-6-5-7-11(15)12(10)16/h5-7,14-16H,4,8-9H2,1-3H3. The van der Waals surface area contributed by atoms with Gasteiger partial charge in [-0.05, 0) is 26.3 Å². The lowest BCUT2D eigenvalue weighted by Crippen LogP contribution is -2.38. The van der Waals surface area contributed by atoms with Gasteiger partial charge in [-0.3, -0.25) is 0 Å². The van der Waals surface area contributed by atoms with Gasteiger partial charge in [0.1, 0.15) is 0 Å². The Labute approximate surface area is 97.1 Å². The lowest BCUT2D eigenvalue weighted by atomic mass is 9.98. The van der Waals surface area contributed by atoms with Crippen LogP contribution in [-0.2, 0) is 6.54 Å². The molecule has 3 N–H and O–H groups in total. The Balaban J connectivity index is 2.64. The molecule has 0 unspecified atom stereocenters. The highest BCUT2D eigenvalue weighted by Crippen LogP contribution is 2.28. The molecule has 0 amide bonds. The zero-order chi connectivity index (χ0) is 12.2. The minimum Gasteiger partial charge on any atom is -0.504 e. The summed E-state index contributed by atoms with van der Waals surface area (Å²) in [6.07, 6.45) is 2.19. The highest BCUT2D eigenvalue weighted by atomic mass is 16.3. The van der Waals surface area contributed by atoms with E-state index in [1.54, 1.807) is 6.07 Å². The van der Waals surface area contributed by atoms with E-state index in [0.717, 1.165) is 18.4 Å². The molecule has 0 aliphatic carbocycles. The summed E-state index contributed by atoms with van der Waals surface area (Å²) in [5.41, 5.74) is 0.774. The molecule has 3 nitrogen and oxygen atoms in total. The normalized spacial score (nSPS) is 11.7. The molecule has 0 aliphatic heterocycles. The number of hydrogen-bond acceptors (Lipinski definition) is 3. The molecular formula is C13H21NO2. The molecule has 0 heterocycles. The van der Waals surface area contributed by atoms with Crippen LogP contribution in [0, 0.1) is 0 Å². The molecule has 3 heteroatoms. The van der Waals surface area contributed by atoms with Crippen molar-refractivity contribution in [1.82, 2.24) is 5.32 Å². The van der Waals surface area contributed by atoms with Crippen molar-refractivity contribution >= 4 is 0 Å². The Bertz CT molecular complexity index is 348. The second-order valence-corrected chi connectivity index (χ2v) is 4.77. The molecule has 0 fully saturated rings. The third-order valence-electron chi connectivity index (χ3n) is 2.73. The number of aromatic hydroxyl groups is 2. The lowest BCUT2D eigenvalue weighted by molar-refractivity contribution is 0.349. The summed E-state index contributed by atoms with van der Waals surface area (Å²) in [5.74, 6) is -0.0881. The average molecular weight is 223 g/mol. The molecule has 0 atom stereocenters. The third kappa shape index (κ3) is 3.42. The minimum absolute atomic E-state index is 0.0256. The number of rotatable bonds is 5. The zero-order valence-corrected chi connectivity index (χ0v) is 10.2. The molecule has 0 radical (unpaired) electrons. The number of phenols is 2. The van der Waals surface area contributed by atoms with E-state index in [0.29, 0.717) is 6.54 Å². The SMILES string of the molecule is CCCC(C)(C)NCc1cccc(O)c1O. The first kappa shape index (κ1) is 12.8. The van der Waals surface area contributed by atoms with E-state index in [1.807, 2.05) is 6.07 Å². The first-order valence-corrected chi connectivity index (χ1v) is 5.71. The molecule has 1 aromatic carbocycles. The van der Waals surface area contributed by atoms with Crippen molar-refractivity contribution in [2.24, 2.45) is 0 Å². The third-order valence-corrected chi connectivity index (χ3v) is 2.73. The van der Waals surface area contributed by atoms with E-state index < -0.39 is 0 Å². The van der Waals surface area contributed by atoms with E-state index in [-0.39, 0.29) is 17.0 Å². The second-order valence-electron chi connectivity index (χ2n) is 4.77. The first-order valence-electron chi connectivity index (χ1n) is 5.71. The Morgan fingerprint density at radius 3 is 2.56 bits per heavy atom.